The van der Waals surface area contributed by atoms with Gasteiger partial charge in [-0.25, -0.2) is 9.97 Å². The van der Waals surface area contributed by atoms with Crippen molar-refractivity contribution < 1.29 is 0 Å². The van der Waals surface area contributed by atoms with Gasteiger partial charge >= 0.3 is 0 Å². The van der Waals surface area contributed by atoms with E-state index in [1.807, 2.05) is 0 Å². The molecular formula is C16H26N4. The standard InChI is InChI=1S/C16H26N4/c1-12(17)13-7-9-20(10-8-13)16-14-5-3-2-4-6-15(14)18-11-19-16/h11-13H,2-10,17H2,1H3. The van der Waals surface area contributed by atoms with E-state index < -0.39 is 0 Å². The lowest BCUT2D eigenvalue weighted by Crippen LogP contribution is -2.40. The summed E-state index contributed by atoms with van der Waals surface area (Å²) in [5.74, 6) is 1.88. The highest BCUT2D eigenvalue weighted by atomic mass is 15.2. The predicted octanol–water partition coefficient (Wildman–Crippen LogP) is 2.31. The molecule has 1 saturated heterocycles. The molecule has 0 radical (unpaired) electrons. The summed E-state index contributed by atoms with van der Waals surface area (Å²) in [6.45, 7) is 4.32. The molecule has 0 aromatic carbocycles. The average molecular weight is 274 g/mol. The van der Waals surface area contributed by atoms with E-state index in [2.05, 4.69) is 21.8 Å². The van der Waals surface area contributed by atoms with Crippen molar-refractivity contribution in [2.75, 3.05) is 18.0 Å². The van der Waals surface area contributed by atoms with Crippen molar-refractivity contribution in [1.82, 2.24) is 9.97 Å². The lowest BCUT2D eigenvalue weighted by Gasteiger charge is -2.35. The van der Waals surface area contributed by atoms with Gasteiger partial charge in [0, 0.05) is 30.4 Å². The smallest absolute Gasteiger partial charge is 0.135 e. The van der Waals surface area contributed by atoms with Gasteiger partial charge in [-0.05, 0) is 51.4 Å². The predicted molar refractivity (Wildman–Crippen MR) is 81.9 cm³/mol. The molecule has 1 atom stereocenters. The van der Waals surface area contributed by atoms with Crippen LogP contribution in [0.2, 0.25) is 0 Å². The van der Waals surface area contributed by atoms with E-state index in [4.69, 9.17) is 5.73 Å². The van der Waals surface area contributed by atoms with Crippen LogP contribution in [0, 0.1) is 5.92 Å². The van der Waals surface area contributed by atoms with Crippen molar-refractivity contribution in [3.8, 4) is 0 Å². The van der Waals surface area contributed by atoms with Gasteiger partial charge in [0.25, 0.3) is 0 Å². The first-order valence-corrected chi connectivity index (χ1v) is 8.09. The molecule has 20 heavy (non-hydrogen) atoms. The van der Waals surface area contributed by atoms with E-state index in [1.54, 1.807) is 6.33 Å². The summed E-state index contributed by atoms with van der Waals surface area (Å²) in [5.41, 5.74) is 8.75. The Morgan fingerprint density at radius 3 is 2.65 bits per heavy atom. The third-order valence-corrected chi connectivity index (χ3v) is 4.93. The minimum Gasteiger partial charge on any atom is -0.356 e. The lowest BCUT2D eigenvalue weighted by atomic mass is 9.90. The molecule has 2 N–H and O–H groups in total. The number of fused-ring (bicyclic) bond motifs is 1. The fourth-order valence-electron chi connectivity index (χ4n) is 3.59. The van der Waals surface area contributed by atoms with Crippen LogP contribution in [0.3, 0.4) is 0 Å². The van der Waals surface area contributed by atoms with Gasteiger partial charge in [-0.1, -0.05) is 6.42 Å². The van der Waals surface area contributed by atoms with Crippen molar-refractivity contribution in [3.05, 3.63) is 17.6 Å². The number of hydrogen-bond acceptors (Lipinski definition) is 4. The summed E-state index contributed by atoms with van der Waals surface area (Å²) in [6, 6.07) is 0.319. The third-order valence-electron chi connectivity index (χ3n) is 4.93. The van der Waals surface area contributed by atoms with Crippen LogP contribution in [0.15, 0.2) is 6.33 Å². The number of nitrogens with zero attached hydrogens (tertiary/aromatic N) is 3. The highest BCUT2D eigenvalue weighted by Gasteiger charge is 2.25. The van der Waals surface area contributed by atoms with Crippen molar-refractivity contribution in [3.63, 3.8) is 0 Å². The second kappa shape index (κ2) is 6.08. The van der Waals surface area contributed by atoms with Crippen molar-refractivity contribution in [2.24, 2.45) is 11.7 Å². The van der Waals surface area contributed by atoms with Gasteiger partial charge in [0.1, 0.15) is 12.1 Å². The molecule has 1 aliphatic heterocycles. The molecule has 110 valence electrons. The molecule has 0 saturated carbocycles. The van der Waals surface area contributed by atoms with Gasteiger partial charge in [-0.15, -0.1) is 0 Å². The molecule has 4 heteroatoms. The molecule has 2 aliphatic rings. The van der Waals surface area contributed by atoms with Crippen LogP contribution in [0.5, 0.6) is 0 Å². The van der Waals surface area contributed by atoms with E-state index >= 15 is 0 Å². The lowest BCUT2D eigenvalue weighted by molar-refractivity contribution is 0.353. The van der Waals surface area contributed by atoms with E-state index in [0.717, 1.165) is 25.9 Å². The molecule has 0 amide bonds. The van der Waals surface area contributed by atoms with Crippen LogP contribution in [0.1, 0.15) is 50.3 Å². The number of nitrogens with two attached hydrogens (primary N) is 1. The van der Waals surface area contributed by atoms with Crippen molar-refractivity contribution in [1.29, 1.82) is 0 Å². The number of aryl methyl sites for hydroxylation is 1. The zero-order valence-electron chi connectivity index (χ0n) is 12.5. The fourth-order valence-corrected chi connectivity index (χ4v) is 3.59. The minimum absolute atomic E-state index is 0.319. The largest absolute Gasteiger partial charge is 0.356 e. The zero-order chi connectivity index (χ0) is 13.9. The van der Waals surface area contributed by atoms with E-state index in [-0.39, 0.29) is 0 Å². The zero-order valence-corrected chi connectivity index (χ0v) is 12.5. The summed E-state index contributed by atoms with van der Waals surface area (Å²) >= 11 is 0. The molecule has 1 aliphatic carbocycles. The molecule has 0 bridgehead atoms. The normalized spacial score (nSPS) is 22.2. The number of anilines is 1. The molecule has 4 nitrogen and oxygen atoms in total. The molecular weight excluding hydrogens is 248 g/mol. The number of aromatic nitrogens is 2. The first-order valence-electron chi connectivity index (χ1n) is 8.09. The number of rotatable bonds is 2. The maximum atomic E-state index is 6.04. The topological polar surface area (TPSA) is 55.0 Å². The second-order valence-corrected chi connectivity index (χ2v) is 6.37. The molecule has 1 aromatic rings. The van der Waals surface area contributed by atoms with Crippen molar-refractivity contribution in [2.45, 2.75) is 57.9 Å². The summed E-state index contributed by atoms with van der Waals surface area (Å²) in [6.07, 6.45) is 10.3. The molecule has 2 heterocycles. The second-order valence-electron chi connectivity index (χ2n) is 6.37. The summed E-state index contributed by atoms with van der Waals surface area (Å²) < 4.78 is 0. The SMILES string of the molecule is CC(N)C1CCN(c2ncnc3c2CCCCC3)CC1. The van der Waals surface area contributed by atoms with Crippen LogP contribution in [0.4, 0.5) is 5.82 Å². The van der Waals surface area contributed by atoms with Crippen LogP contribution in [0.25, 0.3) is 0 Å². The summed E-state index contributed by atoms with van der Waals surface area (Å²) in [7, 11) is 0. The highest BCUT2D eigenvalue weighted by molar-refractivity contribution is 5.49. The number of hydrogen-bond donors (Lipinski definition) is 1. The average Bonchev–Trinajstić information content (AvgIpc) is 2.72. The van der Waals surface area contributed by atoms with Crippen LogP contribution in [-0.4, -0.2) is 29.1 Å². The Kier molecular flexibility index (Phi) is 4.20. The summed E-state index contributed by atoms with van der Waals surface area (Å²) in [4.78, 5) is 11.6. The maximum absolute atomic E-state index is 6.04. The van der Waals surface area contributed by atoms with Crippen LogP contribution >= 0.6 is 0 Å². The van der Waals surface area contributed by atoms with Crippen LogP contribution < -0.4 is 10.6 Å². The monoisotopic (exact) mass is 274 g/mol. The maximum Gasteiger partial charge on any atom is 0.135 e. The summed E-state index contributed by atoms with van der Waals surface area (Å²) in [5, 5.41) is 0. The fraction of sp³-hybridized carbons (Fsp3) is 0.750. The molecule has 1 unspecified atom stereocenters. The highest BCUT2D eigenvalue weighted by Crippen LogP contribution is 2.29. The van der Waals surface area contributed by atoms with Gasteiger partial charge < -0.3 is 10.6 Å². The first kappa shape index (κ1) is 13.8. The van der Waals surface area contributed by atoms with Gasteiger partial charge in [-0.3, -0.25) is 0 Å². The van der Waals surface area contributed by atoms with E-state index in [1.165, 1.54) is 49.2 Å². The Hall–Kier alpha value is -1.16. The Balaban J connectivity index is 1.78. The van der Waals surface area contributed by atoms with Crippen LogP contribution in [-0.2, 0) is 12.8 Å². The first-order chi connectivity index (χ1) is 9.75. The molecule has 1 aromatic heterocycles. The minimum atomic E-state index is 0.319. The molecule has 0 spiro atoms. The molecule has 3 rings (SSSR count). The van der Waals surface area contributed by atoms with E-state index in [0.29, 0.717) is 12.0 Å². The number of piperidine rings is 1. The Bertz CT molecular complexity index is 450. The van der Waals surface area contributed by atoms with Gasteiger partial charge in [0.2, 0.25) is 0 Å². The van der Waals surface area contributed by atoms with E-state index in [9.17, 15) is 0 Å². The van der Waals surface area contributed by atoms with Gasteiger partial charge in [-0.2, -0.15) is 0 Å². The molecule has 1 fully saturated rings. The Morgan fingerprint density at radius 2 is 1.90 bits per heavy atom. The van der Waals surface area contributed by atoms with Crippen molar-refractivity contribution >= 4 is 5.82 Å². The van der Waals surface area contributed by atoms with Gasteiger partial charge in [0.15, 0.2) is 0 Å². The Labute approximate surface area is 121 Å². The van der Waals surface area contributed by atoms with Gasteiger partial charge in [0.05, 0.1) is 0 Å². The third kappa shape index (κ3) is 2.80. The Morgan fingerprint density at radius 1 is 1.15 bits per heavy atom. The quantitative estimate of drug-likeness (QED) is 0.841.